The molecule has 10 nitrogen and oxygen atoms in total. The Labute approximate surface area is 166 Å². The molecule has 9 N–H and O–H groups in total. The summed E-state index contributed by atoms with van der Waals surface area (Å²) in [5.41, 5.74) is 10.9. The third-order valence-corrected chi connectivity index (χ3v) is 4.30. The van der Waals surface area contributed by atoms with E-state index in [1.54, 1.807) is 0 Å². The van der Waals surface area contributed by atoms with Gasteiger partial charge in [-0.15, -0.1) is 0 Å². The number of nitrogens with zero attached hydrogens (tertiary/aromatic N) is 2. The van der Waals surface area contributed by atoms with Crippen LogP contribution in [0.5, 0.6) is 0 Å². The molecule has 0 bridgehead atoms. The van der Waals surface area contributed by atoms with Gasteiger partial charge in [0.15, 0.2) is 17.3 Å². The Morgan fingerprint density at radius 3 is 2.66 bits per heavy atom. The highest BCUT2D eigenvalue weighted by molar-refractivity contribution is 5.56. The van der Waals surface area contributed by atoms with Gasteiger partial charge in [0.1, 0.15) is 6.54 Å². The zero-order chi connectivity index (χ0) is 21.4. The van der Waals surface area contributed by atoms with Crippen molar-refractivity contribution in [3.05, 3.63) is 36.1 Å². The number of aliphatic hydroxyl groups excluding tert-OH is 3. The van der Waals surface area contributed by atoms with E-state index in [9.17, 15) is 13.9 Å². The second-order valence-corrected chi connectivity index (χ2v) is 6.27. The molecule has 0 aromatic heterocycles. The molecule has 0 saturated carbocycles. The molecule has 1 aromatic carbocycles. The summed E-state index contributed by atoms with van der Waals surface area (Å²) >= 11 is 0. The fourth-order valence-electron chi connectivity index (χ4n) is 2.90. The van der Waals surface area contributed by atoms with E-state index in [0.717, 1.165) is 24.7 Å². The van der Waals surface area contributed by atoms with Crippen LogP contribution in [0.25, 0.3) is 0 Å². The Kier molecular flexibility index (Phi) is 8.70. The Hall–Kier alpha value is -2.35. The number of aliphatic hydroxyl groups is 3. The fraction of sp³-hybridized carbons (Fsp3) is 0.471. The summed E-state index contributed by atoms with van der Waals surface area (Å²) in [7, 11) is 0. The summed E-state index contributed by atoms with van der Waals surface area (Å²) in [6.07, 6.45) is 0.684. The van der Waals surface area contributed by atoms with Gasteiger partial charge in [0.05, 0.1) is 31.8 Å². The van der Waals surface area contributed by atoms with Crippen LogP contribution in [0.4, 0.5) is 20.2 Å². The molecule has 0 aliphatic carbocycles. The average molecular weight is 417 g/mol. The van der Waals surface area contributed by atoms with E-state index in [1.807, 2.05) is 0 Å². The monoisotopic (exact) mass is 417 g/mol. The number of rotatable bonds is 10. The number of hydrogen-bond acceptors (Lipinski definition) is 8. The van der Waals surface area contributed by atoms with Crippen LogP contribution < -0.4 is 27.0 Å². The van der Waals surface area contributed by atoms with Crippen LogP contribution in [-0.4, -0.2) is 77.8 Å². The van der Waals surface area contributed by atoms with E-state index in [-0.39, 0.29) is 44.3 Å². The zero-order valence-corrected chi connectivity index (χ0v) is 15.7. The minimum atomic E-state index is -1.39. The van der Waals surface area contributed by atoms with Gasteiger partial charge in [0.25, 0.3) is 0 Å². The lowest BCUT2D eigenvalue weighted by molar-refractivity contribution is -0.439. The van der Waals surface area contributed by atoms with Gasteiger partial charge >= 0.3 is 0 Å². The van der Waals surface area contributed by atoms with Crippen LogP contribution >= 0.6 is 0 Å². The van der Waals surface area contributed by atoms with E-state index >= 15 is 0 Å². The van der Waals surface area contributed by atoms with Crippen LogP contribution in [0.15, 0.2) is 24.5 Å². The van der Waals surface area contributed by atoms with E-state index in [4.69, 9.17) is 26.4 Å². The van der Waals surface area contributed by atoms with Gasteiger partial charge < -0.3 is 30.7 Å². The summed E-state index contributed by atoms with van der Waals surface area (Å²) in [5, 5.41) is 33.0. The van der Waals surface area contributed by atoms with Crippen LogP contribution in [-0.2, 0) is 4.74 Å². The lowest BCUT2D eigenvalue weighted by atomic mass is 10.2. The topological polar surface area (TPSA) is 152 Å². The number of halogens is 2. The first-order chi connectivity index (χ1) is 13.9. The molecule has 3 atom stereocenters. The van der Waals surface area contributed by atoms with Crippen LogP contribution in [0, 0.1) is 11.6 Å². The standard InChI is InChI=1S/C17H26F2N6O4/c18-13-5-11(6-14(19)16(13)24(9-20)3-2-22-10-27)25-8-12(29-17(25)28)7-23-15(21)1-4-26/h1,4-6,9,12,15,17,20,22-23,26-28H,2-3,7-8,10,21H2/p+1/b4-1-. The number of nitrogens with one attached hydrogen (secondary N) is 2. The van der Waals surface area contributed by atoms with Gasteiger partial charge in [0, 0.05) is 30.9 Å². The highest BCUT2D eigenvalue weighted by Gasteiger charge is 2.33. The van der Waals surface area contributed by atoms with E-state index < -0.39 is 30.3 Å². The zero-order valence-electron chi connectivity index (χ0n) is 15.7. The first kappa shape index (κ1) is 22.9. The van der Waals surface area contributed by atoms with Crippen molar-refractivity contribution in [1.82, 2.24) is 10.6 Å². The van der Waals surface area contributed by atoms with Crippen molar-refractivity contribution >= 4 is 17.7 Å². The van der Waals surface area contributed by atoms with Crippen molar-refractivity contribution < 1.29 is 33.4 Å². The van der Waals surface area contributed by atoms with Gasteiger partial charge in [-0.3, -0.25) is 16.4 Å². The summed E-state index contributed by atoms with van der Waals surface area (Å²) in [4.78, 5) is 1.31. The molecular weight excluding hydrogens is 390 g/mol. The van der Waals surface area contributed by atoms with E-state index in [0.29, 0.717) is 0 Å². The molecule has 1 saturated heterocycles. The molecule has 0 radical (unpaired) electrons. The number of hydrogen-bond donors (Lipinski definition) is 7. The molecule has 1 aromatic rings. The van der Waals surface area contributed by atoms with Crippen molar-refractivity contribution in [2.45, 2.75) is 18.7 Å². The van der Waals surface area contributed by atoms with E-state index in [1.165, 1.54) is 15.6 Å². The predicted octanol–water partition coefficient (Wildman–Crippen LogP) is -1.44. The van der Waals surface area contributed by atoms with Gasteiger partial charge in [-0.2, -0.15) is 0 Å². The summed E-state index contributed by atoms with van der Waals surface area (Å²) < 4.78 is 35.8. The summed E-state index contributed by atoms with van der Waals surface area (Å²) in [6, 6.07) is 2.16. The maximum absolute atomic E-state index is 14.6. The first-order valence-corrected chi connectivity index (χ1v) is 8.93. The second-order valence-electron chi connectivity index (χ2n) is 6.27. The second kappa shape index (κ2) is 11.0. The maximum Gasteiger partial charge on any atom is 0.238 e. The molecule has 0 spiro atoms. The van der Waals surface area contributed by atoms with Crippen molar-refractivity contribution in [3.63, 3.8) is 0 Å². The molecule has 1 aliphatic heterocycles. The molecular formula is C17H27F2N6O4+. The largest absolute Gasteiger partial charge is 0.516 e. The van der Waals surface area contributed by atoms with Gasteiger partial charge in [-0.1, -0.05) is 0 Å². The van der Waals surface area contributed by atoms with Crippen LogP contribution in [0.3, 0.4) is 0 Å². The highest BCUT2D eigenvalue weighted by Crippen LogP contribution is 2.30. The van der Waals surface area contributed by atoms with Crippen molar-refractivity contribution in [1.29, 1.82) is 0 Å². The number of ether oxygens (including phenoxy) is 1. The van der Waals surface area contributed by atoms with Crippen molar-refractivity contribution in [2.75, 3.05) is 37.8 Å². The Balaban J connectivity index is 2.11. The van der Waals surface area contributed by atoms with Gasteiger partial charge in [-0.25, -0.2) is 13.4 Å². The Morgan fingerprint density at radius 1 is 1.38 bits per heavy atom. The van der Waals surface area contributed by atoms with Crippen LogP contribution in [0.2, 0.25) is 0 Å². The normalized spacial score (nSPS) is 21.3. The minimum absolute atomic E-state index is 0.101. The van der Waals surface area contributed by atoms with Gasteiger partial charge in [0.2, 0.25) is 12.8 Å². The quantitative estimate of drug-likeness (QED) is 0.0606. The third kappa shape index (κ3) is 6.06. The maximum atomic E-state index is 14.6. The number of anilines is 1. The first-order valence-electron chi connectivity index (χ1n) is 8.93. The Morgan fingerprint density at radius 2 is 2.07 bits per heavy atom. The lowest BCUT2D eigenvalue weighted by Gasteiger charge is -2.21. The number of nitrogens with two attached hydrogens (primary N) is 2. The average Bonchev–Trinajstić information content (AvgIpc) is 3.05. The SMILES string of the molecule is NC=[N+](CCNCO)c1c(F)cc(N2CC(CNC(N)/C=C\O)OC2O)cc1F. The van der Waals surface area contributed by atoms with Crippen molar-refractivity contribution in [3.8, 4) is 0 Å². The molecule has 162 valence electrons. The smallest absolute Gasteiger partial charge is 0.238 e. The molecule has 1 fully saturated rings. The lowest BCUT2D eigenvalue weighted by Crippen LogP contribution is -2.41. The third-order valence-electron chi connectivity index (χ3n) is 4.30. The molecule has 2 rings (SSSR count). The Bertz CT molecular complexity index is 713. The van der Waals surface area contributed by atoms with Crippen LogP contribution in [0.1, 0.15) is 0 Å². The molecule has 1 heterocycles. The van der Waals surface area contributed by atoms with Gasteiger partial charge in [-0.05, 0) is 6.08 Å². The molecule has 1 aliphatic rings. The highest BCUT2D eigenvalue weighted by atomic mass is 19.1. The predicted molar refractivity (Wildman–Crippen MR) is 102 cm³/mol. The minimum Gasteiger partial charge on any atom is -0.516 e. The molecule has 29 heavy (non-hydrogen) atoms. The number of benzene rings is 1. The summed E-state index contributed by atoms with van der Waals surface area (Å²) in [5.74, 6) is -1.73. The molecule has 0 amide bonds. The molecule has 3 unspecified atom stereocenters. The fourth-order valence-corrected chi connectivity index (χ4v) is 2.90. The van der Waals surface area contributed by atoms with Crippen molar-refractivity contribution in [2.24, 2.45) is 11.5 Å². The van der Waals surface area contributed by atoms with E-state index in [2.05, 4.69) is 10.6 Å². The molecule has 12 heteroatoms. The summed E-state index contributed by atoms with van der Waals surface area (Å²) in [6.45, 7) is 0.527.